The number of rotatable bonds is 6. The highest BCUT2D eigenvalue weighted by molar-refractivity contribution is 5.95. The molecule has 3 aromatic rings. The molecule has 1 aromatic carbocycles. The zero-order valence-corrected chi connectivity index (χ0v) is 15.4. The van der Waals surface area contributed by atoms with Crippen LogP contribution < -0.4 is 10.6 Å². The van der Waals surface area contributed by atoms with Gasteiger partial charge < -0.3 is 15.1 Å². The molecule has 1 unspecified atom stereocenters. The van der Waals surface area contributed by atoms with Crippen LogP contribution >= 0.6 is 0 Å². The third kappa shape index (κ3) is 3.89. The van der Waals surface area contributed by atoms with E-state index in [2.05, 4.69) is 20.7 Å². The van der Waals surface area contributed by atoms with Gasteiger partial charge in [-0.1, -0.05) is 12.1 Å². The highest BCUT2D eigenvalue weighted by Gasteiger charge is 2.17. The summed E-state index contributed by atoms with van der Waals surface area (Å²) in [5, 5.41) is 9.56. The molecule has 2 aromatic heterocycles. The summed E-state index contributed by atoms with van der Waals surface area (Å²) in [7, 11) is 1.54. The molecular formula is C19H21N5O3. The second-order valence-corrected chi connectivity index (χ2v) is 5.95. The van der Waals surface area contributed by atoms with Crippen molar-refractivity contribution in [1.29, 1.82) is 0 Å². The number of furan rings is 1. The molecule has 27 heavy (non-hydrogen) atoms. The van der Waals surface area contributed by atoms with Gasteiger partial charge in [0.1, 0.15) is 17.9 Å². The molecule has 0 saturated heterocycles. The minimum Gasteiger partial charge on any atom is -0.451 e. The first-order valence-corrected chi connectivity index (χ1v) is 8.64. The van der Waals surface area contributed by atoms with E-state index in [4.69, 9.17) is 4.42 Å². The van der Waals surface area contributed by atoms with Crippen molar-refractivity contribution in [2.75, 3.05) is 7.05 Å². The van der Waals surface area contributed by atoms with Crippen molar-refractivity contribution in [3.63, 3.8) is 0 Å². The Kier molecular flexibility index (Phi) is 5.35. The maximum Gasteiger partial charge on any atom is 0.286 e. The van der Waals surface area contributed by atoms with Crippen LogP contribution in [0.5, 0.6) is 0 Å². The fourth-order valence-electron chi connectivity index (χ4n) is 2.75. The molecule has 0 saturated carbocycles. The number of carbonyl (C=O) groups is 2. The van der Waals surface area contributed by atoms with E-state index in [0.29, 0.717) is 29.3 Å². The van der Waals surface area contributed by atoms with Crippen LogP contribution in [0.15, 0.2) is 47.1 Å². The topological polar surface area (TPSA) is 102 Å². The summed E-state index contributed by atoms with van der Waals surface area (Å²) in [5.74, 6) is 0.900. The van der Waals surface area contributed by atoms with Crippen molar-refractivity contribution in [1.82, 2.24) is 25.4 Å². The van der Waals surface area contributed by atoms with Crippen LogP contribution in [-0.2, 0) is 6.54 Å². The predicted octanol–water partition coefficient (Wildman–Crippen LogP) is 2.41. The molecular weight excluding hydrogens is 346 g/mol. The summed E-state index contributed by atoms with van der Waals surface area (Å²) >= 11 is 0. The molecule has 0 spiro atoms. The van der Waals surface area contributed by atoms with Crippen LogP contribution in [0, 0.1) is 0 Å². The molecule has 140 valence electrons. The fraction of sp³-hybridized carbons (Fsp3) is 0.263. The summed E-state index contributed by atoms with van der Waals surface area (Å²) in [6, 6.07) is 10.0. The molecule has 2 amide bonds. The number of hydrogen-bond donors (Lipinski definition) is 2. The van der Waals surface area contributed by atoms with Gasteiger partial charge in [-0.15, -0.1) is 0 Å². The lowest BCUT2D eigenvalue weighted by Crippen LogP contribution is -2.28. The molecule has 0 aliphatic carbocycles. The van der Waals surface area contributed by atoms with E-state index in [1.165, 1.54) is 13.4 Å². The van der Waals surface area contributed by atoms with Crippen molar-refractivity contribution in [2.45, 2.75) is 26.4 Å². The van der Waals surface area contributed by atoms with Crippen molar-refractivity contribution in [2.24, 2.45) is 0 Å². The lowest BCUT2D eigenvalue weighted by atomic mass is 10.1. The number of carbonyl (C=O) groups excluding carboxylic acids is 2. The molecule has 0 fully saturated rings. The zero-order valence-electron chi connectivity index (χ0n) is 15.4. The van der Waals surface area contributed by atoms with Crippen LogP contribution in [0.25, 0.3) is 11.3 Å². The highest BCUT2D eigenvalue weighted by atomic mass is 16.3. The number of hydrogen-bond acceptors (Lipinski definition) is 5. The first-order chi connectivity index (χ1) is 13.0. The van der Waals surface area contributed by atoms with E-state index in [1.54, 1.807) is 35.0 Å². The lowest BCUT2D eigenvalue weighted by Gasteiger charge is -2.14. The minimum atomic E-state index is -0.302. The van der Waals surface area contributed by atoms with Gasteiger partial charge in [0.15, 0.2) is 5.76 Å². The first-order valence-electron chi connectivity index (χ1n) is 8.64. The van der Waals surface area contributed by atoms with Gasteiger partial charge in [0.25, 0.3) is 11.8 Å². The number of benzene rings is 1. The average molecular weight is 367 g/mol. The molecule has 8 nitrogen and oxygen atoms in total. The number of aryl methyl sites for hydroxylation is 1. The van der Waals surface area contributed by atoms with Gasteiger partial charge in [-0.3, -0.25) is 9.59 Å². The van der Waals surface area contributed by atoms with Crippen LogP contribution in [0.4, 0.5) is 0 Å². The third-order valence-electron chi connectivity index (χ3n) is 4.15. The summed E-state index contributed by atoms with van der Waals surface area (Å²) in [6.07, 6.45) is 1.48. The lowest BCUT2D eigenvalue weighted by molar-refractivity contribution is 0.0928. The summed E-state index contributed by atoms with van der Waals surface area (Å²) in [4.78, 5) is 28.5. The molecule has 2 heterocycles. The largest absolute Gasteiger partial charge is 0.451 e. The number of nitrogens with zero attached hydrogens (tertiary/aromatic N) is 3. The van der Waals surface area contributed by atoms with Gasteiger partial charge in [-0.2, -0.15) is 5.10 Å². The minimum absolute atomic E-state index is 0.217. The Morgan fingerprint density at radius 2 is 2.04 bits per heavy atom. The van der Waals surface area contributed by atoms with Crippen LogP contribution in [-0.4, -0.2) is 33.6 Å². The molecule has 1 atom stereocenters. The second-order valence-electron chi connectivity index (χ2n) is 5.95. The van der Waals surface area contributed by atoms with Gasteiger partial charge in [0, 0.05) is 24.7 Å². The summed E-state index contributed by atoms with van der Waals surface area (Å²) < 4.78 is 7.30. The standard InChI is InChI=1S/C19H21N5O3/c1-4-24-17(21-11-22-24)12(2)23-18(25)14-7-5-6-13(10-14)15-8-9-16(27-15)19(26)20-3/h5-12H,4H2,1-3H3,(H,20,26)(H,23,25). The number of nitrogens with one attached hydrogen (secondary N) is 2. The van der Waals surface area contributed by atoms with Gasteiger partial charge >= 0.3 is 0 Å². The number of aromatic nitrogens is 3. The normalized spacial score (nSPS) is 11.8. The smallest absolute Gasteiger partial charge is 0.286 e. The molecule has 0 bridgehead atoms. The third-order valence-corrected chi connectivity index (χ3v) is 4.15. The van der Waals surface area contributed by atoms with E-state index in [0.717, 1.165) is 0 Å². The van der Waals surface area contributed by atoms with Crippen molar-refractivity contribution in [3.05, 3.63) is 59.9 Å². The molecule has 0 aliphatic heterocycles. The summed E-state index contributed by atoms with van der Waals surface area (Å²) in [5.41, 5.74) is 1.20. The maximum absolute atomic E-state index is 12.6. The van der Waals surface area contributed by atoms with E-state index in [-0.39, 0.29) is 23.6 Å². The molecule has 0 aliphatic rings. The summed E-state index contributed by atoms with van der Waals surface area (Å²) in [6.45, 7) is 4.50. The SMILES string of the molecule is CCn1ncnc1C(C)NC(=O)c1cccc(-c2ccc(C(=O)NC)o2)c1. The van der Waals surface area contributed by atoms with Crippen molar-refractivity contribution in [3.8, 4) is 11.3 Å². The zero-order chi connectivity index (χ0) is 19.4. The average Bonchev–Trinajstić information content (AvgIpc) is 3.36. The Morgan fingerprint density at radius 1 is 1.22 bits per heavy atom. The van der Waals surface area contributed by atoms with Gasteiger partial charge in [-0.05, 0) is 38.1 Å². The van der Waals surface area contributed by atoms with Crippen LogP contribution in [0.1, 0.15) is 46.6 Å². The van der Waals surface area contributed by atoms with E-state index in [1.807, 2.05) is 19.9 Å². The van der Waals surface area contributed by atoms with E-state index >= 15 is 0 Å². The van der Waals surface area contributed by atoms with E-state index < -0.39 is 0 Å². The Morgan fingerprint density at radius 3 is 2.78 bits per heavy atom. The molecule has 2 N–H and O–H groups in total. The van der Waals surface area contributed by atoms with E-state index in [9.17, 15) is 9.59 Å². The van der Waals surface area contributed by atoms with Crippen LogP contribution in [0.2, 0.25) is 0 Å². The Bertz CT molecular complexity index is 960. The highest BCUT2D eigenvalue weighted by Crippen LogP contribution is 2.23. The number of amides is 2. The van der Waals surface area contributed by atoms with Gasteiger partial charge in [-0.25, -0.2) is 9.67 Å². The monoisotopic (exact) mass is 367 g/mol. The fourth-order valence-corrected chi connectivity index (χ4v) is 2.75. The quantitative estimate of drug-likeness (QED) is 0.696. The molecule has 8 heteroatoms. The Hall–Kier alpha value is -3.42. The molecule has 3 rings (SSSR count). The van der Waals surface area contributed by atoms with Gasteiger partial charge in [0.2, 0.25) is 0 Å². The first kappa shape index (κ1) is 18.4. The molecule has 0 radical (unpaired) electrons. The maximum atomic E-state index is 12.6. The Balaban J connectivity index is 1.77. The van der Waals surface area contributed by atoms with Crippen molar-refractivity contribution >= 4 is 11.8 Å². The van der Waals surface area contributed by atoms with Gasteiger partial charge in [0.05, 0.1) is 6.04 Å². The van der Waals surface area contributed by atoms with Crippen LogP contribution in [0.3, 0.4) is 0 Å². The Labute approximate surface area is 156 Å². The predicted molar refractivity (Wildman–Crippen MR) is 99.1 cm³/mol. The second kappa shape index (κ2) is 7.86. The van der Waals surface area contributed by atoms with Crippen molar-refractivity contribution < 1.29 is 14.0 Å².